The van der Waals surface area contributed by atoms with Gasteiger partial charge < -0.3 is 10.5 Å². The molecule has 0 aliphatic carbocycles. The van der Waals surface area contributed by atoms with Gasteiger partial charge in [0.2, 0.25) is 0 Å². The summed E-state index contributed by atoms with van der Waals surface area (Å²) in [7, 11) is 1.69. The number of rotatable bonds is 4. The average molecular weight is 245 g/mol. The third kappa shape index (κ3) is 2.24. The highest BCUT2D eigenvalue weighted by atomic mass is 16.5. The van der Waals surface area contributed by atoms with Gasteiger partial charge in [-0.25, -0.2) is 0 Å². The number of hydrogen-bond acceptors (Lipinski definition) is 3. The first-order chi connectivity index (χ1) is 8.67. The van der Waals surface area contributed by atoms with Gasteiger partial charge in [0, 0.05) is 5.56 Å². The van der Waals surface area contributed by atoms with Crippen molar-refractivity contribution in [1.82, 2.24) is 10.2 Å². The summed E-state index contributed by atoms with van der Waals surface area (Å²) in [5.74, 6) is 0.913. The number of nitrogens with zero attached hydrogens (tertiary/aromatic N) is 1. The molecule has 4 heteroatoms. The summed E-state index contributed by atoms with van der Waals surface area (Å²) in [5.41, 5.74) is 11.3. The standard InChI is InChI=1S/C14H19N3O/c1-9-7-13(18-3)10(2)6-12(9)14-11(4-5-15)8-16-17-14/h6-8H,4-5,15H2,1-3H3,(H,16,17). The SMILES string of the molecule is COc1cc(C)c(-c2[nH]ncc2CCN)cc1C. The lowest BCUT2D eigenvalue weighted by molar-refractivity contribution is 0.411. The van der Waals surface area contributed by atoms with E-state index in [1.54, 1.807) is 7.11 Å². The Morgan fingerprint density at radius 1 is 1.28 bits per heavy atom. The molecule has 0 atom stereocenters. The van der Waals surface area contributed by atoms with E-state index in [2.05, 4.69) is 29.3 Å². The van der Waals surface area contributed by atoms with Crippen molar-refractivity contribution >= 4 is 0 Å². The zero-order valence-corrected chi connectivity index (χ0v) is 11.1. The lowest BCUT2D eigenvalue weighted by Gasteiger charge is -2.11. The minimum Gasteiger partial charge on any atom is -0.496 e. The number of aromatic amines is 1. The Bertz CT molecular complexity index is 546. The van der Waals surface area contributed by atoms with E-state index in [1.165, 1.54) is 5.56 Å². The third-order valence-electron chi connectivity index (χ3n) is 3.14. The molecule has 0 unspecified atom stereocenters. The number of hydrogen-bond donors (Lipinski definition) is 2. The largest absolute Gasteiger partial charge is 0.496 e. The molecule has 3 N–H and O–H groups in total. The van der Waals surface area contributed by atoms with Gasteiger partial charge in [0.15, 0.2) is 0 Å². The topological polar surface area (TPSA) is 63.9 Å². The zero-order valence-electron chi connectivity index (χ0n) is 11.1. The van der Waals surface area contributed by atoms with Gasteiger partial charge in [0.1, 0.15) is 5.75 Å². The monoisotopic (exact) mass is 245 g/mol. The Morgan fingerprint density at radius 3 is 2.72 bits per heavy atom. The molecule has 4 nitrogen and oxygen atoms in total. The molecule has 1 heterocycles. The Kier molecular flexibility index (Phi) is 3.67. The number of ether oxygens (including phenoxy) is 1. The Labute approximate surface area is 107 Å². The van der Waals surface area contributed by atoms with Crippen LogP contribution >= 0.6 is 0 Å². The quantitative estimate of drug-likeness (QED) is 0.868. The fraction of sp³-hybridized carbons (Fsp3) is 0.357. The zero-order chi connectivity index (χ0) is 13.1. The maximum absolute atomic E-state index is 5.62. The fourth-order valence-corrected chi connectivity index (χ4v) is 2.17. The van der Waals surface area contributed by atoms with Crippen LogP contribution in [0, 0.1) is 13.8 Å². The molecule has 0 bridgehead atoms. The second kappa shape index (κ2) is 5.23. The van der Waals surface area contributed by atoms with Gasteiger partial charge >= 0.3 is 0 Å². The van der Waals surface area contributed by atoms with Gasteiger partial charge in [-0.05, 0) is 55.6 Å². The lowest BCUT2D eigenvalue weighted by Crippen LogP contribution is -2.03. The maximum atomic E-state index is 5.62. The van der Waals surface area contributed by atoms with Crippen molar-refractivity contribution in [3.05, 3.63) is 35.0 Å². The molecular formula is C14H19N3O. The van der Waals surface area contributed by atoms with E-state index in [9.17, 15) is 0 Å². The van der Waals surface area contributed by atoms with E-state index >= 15 is 0 Å². The van der Waals surface area contributed by atoms with Crippen molar-refractivity contribution < 1.29 is 4.74 Å². The molecule has 0 fully saturated rings. The van der Waals surface area contributed by atoms with Crippen LogP contribution in [0.25, 0.3) is 11.3 Å². The number of aromatic nitrogens is 2. The van der Waals surface area contributed by atoms with E-state index in [0.29, 0.717) is 6.54 Å². The third-order valence-corrected chi connectivity index (χ3v) is 3.14. The molecule has 18 heavy (non-hydrogen) atoms. The predicted octanol–water partition coefficient (Wildman–Crippen LogP) is 2.20. The number of H-pyrrole nitrogens is 1. The van der Waals surface area contributed by atoms with Crippen LogP contribution in [0.15, 0.2) is 18.3 Å². The molecule has 96 valence electrons. The average Bonchev–Trinajstić information content (AvgIpc) is 2.80. The van der Waals surface area contributed by atoms with E-state index in [0.717, 1.165) is 34.6 Å². The number of aryl methyl sites for hydroxylation is 2. The molecule has 0 aliphatic heterocycles. The van der Waals surface area contributed by atoms with Crippen molar-refractivity contribution in [2.45, 2.75) is 20.3 Å². The van der Waals surface area contributed by atoms with Crippen LogP contribution in [0.2, 0.25) is 0 Å². The summed E-state index contributed by atoms with van der Waals surface area (Å²) >= 11 is 0. The molecule has 0 aliphatic rings. The van der Waals surface area contributed by atoms with Crippen LogP contribution in [-0.4, -0.2) is 23.9 Å². The first-order valence-electron chi connectivity index (χ1n) is 6.05. The van der Waals surface area contributed by atoms with Gasteiger partial charge in [0.25, 0.3) is 0 Å². The van der Waals surface area contributed by atoms with Crippen molar-refractivity contribution in [2.24, 2.45) is 5.73 Å². The van der Waals surface area contributed by atoms with Crippen molar-refractivity contribution in [2.75, 3.05) is 13.7 Å². The summed E-state index contributed by atoms with van der Waals surface area (Å²) in [6, 6.07) is 4.18. The first-order valence-corrected chi connectivity index (χ1v) is 6.05. The van der Waals surface area contributed by atoms with E-state index in [-0.39, 0.29) is 0 Å². The second-order valence-corrected chi connectivity index (χ2v) is 4.45. The van der Waals surface area contributed by atoms with E-state index in [1.807, 2.05) is 13.1 Å². The van der Waals surface area contributed by atoms with Crippen LogP contribution in [0.3, 0.4) is 0 Å². The van der Waals surface area contributed by atoms with Gasteiger partial charge in [-0.15, -0.1) is 0 Å². The Balaban J connectivity index is 2.50. The van der Waals surface area contributed by atoms with Gasteiger partial charge in [-0.1, -0.05) is 0 Å². The Hall–Kier alpha value is -1.81. The molecule has 1 aromatic carbocycles. The molecule has 0 saturated heterocycles. The van der Waals surface area contributed by atoms with Crippen LogP contribution in [0.1, 0.15) is 16.7 Å². The highest BCUT2D eigenvalue weighted by Gasteiger charge is 2.12. The van der Waals surface area contributed by atoms with Crippen molar-refractivity contribution in [1.29, 1.82) is 0 Å². The first kappa shape index (κ1) is 12.6. The van der Waals surface area contributed by atoms with Crippen molar-refractivity contribution in [3.8, 4) is 17.0 Å². The summed E-state index contributed by atoms with van der Waals surface area (Å²) in [6.07, 6.45) is 2.68. The normalized spacial score (nSPS) is 10.7. The van der Waals surface area contributed by atoms with Gasteiger partial charge in [0.05, 0.1) is 19.0 Å². The molecule has 0 radical (unpaired) electrons. The summed E-state index contributed by atoms with van der Waals surface area (Å²) in [5, 5.41) is 7.18. The number of nitrogens with two attached hydrogens (primary N) is 1. The summed E-state index contributed by atoms with van der Waals surface area (Å²) < 4.78 is 5.33. The number of methoxy groups -OCH3 is 1. The van der Waals surface area contributed by atoms with Gasteiger partial charge in [-0.2, -0.15) is 5.10 Å². The highest BCUT2D eigenvalue weighted by Crippen LogP contribution is 2.30. The van der Waals surface area contributed by atoms with Crippen LogP contribution < -0.4 is 10.5 Å². The minimum absolute atomic E-state index is 0.626. The summed E-state index contributed by atoms with van der Waals surface area (Å²) in [4.78, 5) is 0. The minimum atomic E-state index is 0.626. The van der Waals surface area contributed by atoms with Crippen LogP contribution in [0.4, 0.5) is 0 Å². The van der Waals surface area contributed by atoms with Crippen LogP contribution in [-0.2, 0) is 6.42 Å². The Morgan fingerprint density at radius 2 is 2.06 bits per heavy atom. The van der Waals surface area contributed by atoms with Crippen molar-refractivity contribution in [3.63, 3.8) is 0 Å². The molecular weight excluding hydrogens is 226 g/mol. The molecule has 2 rings (SSSR count). The number of nitrogens with one attached hydrogen (secondary N) is 1. The molecule has 0 spiro atoms. The van der Waals surface area contributed by atoms with Crippen LogP contribution in [0.5, 0.6) is 5.75 Å². The number of benzene rings is 1. The molecule has 0 amide bonds. The highest BCUT2D eigenvalue weighted by molar-refractivity contribution is 5.69. The second-order valence-electron chi connectivity index (χ2n) is 4.45. The molecule has 0 saturated carbocycles. The van der Waals surface area contributed by atoms with E-state index < -0.39 is 0 Å². The molecule has 1 aromatic heterocycles. The summed E-state index contributed by atoms with van der Waals surface area (Å²) in [6.45, 7) is 4.74. The fourth-order valence-electron chi connectivity index (χ4n) is 2.17. The lowest BCUT2D eigenvalue weighted by atomic mass is 9.98. The smallest absolute Gasteiger partial charge is 0.122 e. The maximum Gasteiger partial charge on any atom is 0.122 e. The predicted molar refractivity (Wildman–Crippen MR) is 72.8 cm³/mol. The molecule has 2 aromatic rings. The van der Waals surface area contributed by atoms with Gasteiger partial charge in [-0.3, -0.25) is 5.10 Å². The van der Waals surface area contributed by atoms with E-state index in [4.69, 9.17) is 10.5 Å².